The third-order valence-corrected chi connectivity index (χ3v) is 5.98. The van der Waals surface area contributed by atoms with Crippen LogP contribution in [0.25, 0.3) is 11.0 Å². The monoisotopic (exact) mass is 577 g/mol. The molecule has 10 nitrogen and oxygen atoms in total. The number of aromatic nitrogens is 2. The van der Waals surface area contributed by atoms with E-state index in [1.807, 2.05) is 6.07 Å². The Kier molecular flexibility index (Phi) is 10.2. The molecule has 0 aliphatic carbocycles. The number of nitrogens with zero attached hydrogens (tertiary/aromatic N) is 3. The maximum atomic E-state index is 13.4. The molecule has 0 atom stereocenters. The molecule has 0 radical (unpaired) electrons. The summed E-state index contributed by atoms with van der Waals surface area (Å²) in [6, 6.07) is 11.1. The van der Waals surface area contributed by atoms with Crippen molar-refractivity contribution in [3.05, 3.63) is 63.4 Å². The van der Waals surface area contributed by atoms with Crippen LogP contribution in [0.1, 0.15) is 18.4 Å². The smallest absolute Gasteiger partial charge is 0.419 e. The van der Waals surface area contributed by atoms with Crippen LogP contribution >= 0.6 is 19.4 Å². The normalized spacial score (nSPS) is 14.8. The molecule has 0 amide bonds. The minimum absolute atomic E-state index is 0.146. The highest BCUT2D eigenvalue weighted by molar-refractivity contribution is 7.43. The van der Waals surface area contributed by atoms with Gasteiger partial charge in [0.2, 0.25) is 11.4 Å². The fraction of sp³-hybridized carbons (Fsp3) is 0.391. The Morgan fingerprint density at radius 3 is 2.39 bits per heavy atom. The second-order valence-corrected chi connectivity index (χ2v) is 9.80. The highest BCUT2D eigenvalue weighted by Gasteiger charge is 2.37. The first-order valence-electron chi connectivity index (χ1n) is 11.5. The van der Waals surface area contributed by atoms with Crippen molar-refractivity contribution in [1.29, 1.82) is 0 Å². The van der Waals surface area contributed by atoms with Gasteiger partial charge in [-0.05, 0) is 43.7 Å². The van der Waals surface area contributed by atoms with Crippen molar-refractivity contribution in [2.75, 3.05) is 44.2 Å². The number of ether oxygens (including phenoxy) is 1. The van der Waals surface area contributed by atoms with Crippen LogP contribution in [0.4, 0.5) is 18.9 Å². The number of phosphoric acid groups is 1. The number of benzene rings is 1. The second kappa shape index (κ2) is 12.9. The molecular weight excluding hydrogens is 552 g/mol. The van der Waals surface area contributed by atoms with Gasteiger partial charge in [-0.3, -0.25) is 14.3 Å². The molecule has 3 N–H and O–H groups in total. The average molecular weight is 578 g/mol. The van der Waals surface area contributed by atoms with Gasteiger partial charge in [-0.25, -0.2) is 0 Å². The van der Waals surface area contributed by atoms with Gasteiger partial charge < -0.3 is 29.3 Å². The lowest BCUT2D eigenvalue weighted by molar-refractivity contribution is -0.214. The van der Waals surface area contributed by atoms with Crippen LogP contribution in [0.3, 0.4) is 0 Å². The molecule has 4 rings (SSSR count). The van der Waals surface area contributed by atoms with E-state index in [1.54, 1.807) is 23.1 Å². The van der Waals surface area contributed by atoms with Crippen LogP contribution in [-0.2, 0) is 10.7 Å². The molecule has 0 bridgehead atoms. The summed E-state index contributed by atoms with van der Waals surface area (Å²) in [5, 5.41) is 0.566. The summed E-state index contributed by atoms with van der Waals surface area (Å²) in [7, 11) is -4.89. The lowest BCUT2D eigenvalue weighted by Gasteiger charge is -2.37. The molecule has 0 spiro atoms. The zero-order valence-corrected chi connectivity index (χ0v) is 21.7. The number of hydrogen-bond donors (Lipinski definition) is 3. The van der Waals surface area contributed by atoms with E-state index in [4.69, 9.17) is 35.6 Å². The van der Waals surface area contributed by atoms with Crippen LogP contribution in [-0.4, -0.2) is 64.0 Å². The van der Waals surface area contributed by atoms with E-state index in [-0.39, 0.29) is 16.3 Å². The van der Waals surface area contributed by atoms with Crippen molar-refractivity contribution in [3.63, 3.8) is 0 Å². The zero-order chi connectivity index (χ0) is 27.9. The Morgan fingerprint density at radius 1 is 1.08 bits per heavy atom. The quantitative estimate of drug-likeness (QED) is 0.285. The van der Waals surface area contributed by atoms with E-state index in [0.717, 1.165) is 24.8 Å². The van der Waals surface area contributed by atoms with Crippen molar-refractivity contribution >= 4 is 36.1 Å². The zero-order valence-electron chi connectivity index (χ0n) is 20.0. The van der Waals surface area contributed by atoms with Gasteiger partial charge in [-0.2, -0.15) is 18.2 Å². The average Bonchev–Trinajstić information content (AvgIpc) is 2.82. The van der Waals surface area contributed by atoms with Crippen LogP contribution < -0.4 is 20.1 Å². The summed E-state index contributed by atoms with van der Waals surface area (Å²) in [5.74, 6) is 0.458. The number of alkyl halides is 3. The van der Waals surface area contributed by atoms with E-state index >= 15 is 0 Å². The summed E-state index contributed by atoms with van der Waals surface area (Å²) in [5.41, 5.74) is -0.334. The molecule has 1 aliphatic heterocycles. The highest BCUT2D eigenvalue weighted by Crippen LogP contribution is 2.41. The molecule has 2 aromatic heterocycles. The lowest BCUT2D eigenvalue weighted by atomic mass is 10.1. The molecule has 1 aliphatic rings. The number of rotatable bonds is 7. The maximum absolute atomic E-state index is 13.4. The van der Waals surface area contributed by atoms with Gasteiger partial charge in [0.05, 0.1) is 22.9 Å². The van der Waals surface area contributed by atoms with Crippen LogP contribution in [0.5, 0.6) is 5.88 Å². The molecule has 208 valence electrons. The first-order valence-corrected chi connectivity index (χ1v) is 13.4. The lowest BCUT2D eigenvalue weighted by Crippen LogP contribution is -2.47. The number of nitrogens with one attached hydrogen (secondary N) is 1. The van der Waals surface area contributed by atoms with E-state index in [1.165, 1.54) is 18.2 Å². The van der Waals surface area contributed by atoms with Crippen molar-refractivity contribution in [2.45, 2.75) is 19.0 Å². The third kappa shape index (κ3) is 9.26. The number of fused-ring (bicyclic) bond motifs is 1. The summed E-state index contributed by atoms with van der Waals surface area (Å²) in [6.07, 6.45) is -2.77. The predicted molar refractivity (Wildman–Crippen MR) is 134 cm³/mol. The molecule has 0 saturated carbocycles. The first-order chi connectivity index (χ1) is 17.8. The van der Waals surface area contributed by atoms with Crippen molar-refractivity contribution < 1.29 is 37.2 Å². The molecule has 1 saturated heterocycles. The van der Waals surface area contributed by atoms with E-state index in [0.29, 0.717) is 44.3 Å². The predicted octanol–water partition coefficient (Wildman–Crippen LogP) is 3.02. The number of anilines is 1. The van der Waals surface area contributed by atoms with Crippen LogP contribution in [0.2, 0.25) is 5.02 Å². The van der Waals surface area contributed by atoms with Gasteiger partial charge in [0.25, 0.3) is 7.82 Å². The van der Waals surface area contributed by atoms with E-state index < -0.39 is 19.6 Å². The molecule has 1 fully saturated rings. The third-order valence-electron chi connectivity index (χ3n) is 5.66. The van der Waals surface area contributed by atoms with Crippen molar-refractivity contribution in [3.8, 4) is 5.88 Å². The largest absolute Gasteiger partial charge is 0.756 e. The highest BCUT2D eigenvalue weighted by atomic mass is 35.5. The number of unbranched alkanes of at least 4 members (excludes halogenated alkanes) is 1. The van der Waals surface area contributed by atoms with E-state index in [2.05, 4.69) is 14.9 Å². The van der Waals surface area contributed by atoms with Crippen molar-refractivity contribution in [2.24, 2.45) is 0 Å². The Labute approximate surface area is 220 Å². The molecule has 15 heteroatoms. The summed E-state index contributed by atoms with van der Waals surface area (Å²) >= 11 is 5.85. The molecule has 3 heterocycles. The second-order valence-electron chi connectivity index (χ2n) is 8.42. The van der Waals surface area contributed by atoms with Crippen molar-refractivity contribution in [1.82, 2.24) is 14.9 Å². The Hall–Kier alpha value is -2.67. The number of H-pyrrole nitrogens is 1. The van der Waals surface area contributed by atoms with Crippen LogP contribution in [0.15, 0.2) is 47.3 Å². The fourth-order valence-corrected chi connectivity index (χ4v) is 4.25. The van der Waals surface area contributed by atoms with Gasteiger partial charge in [0.1, 0.15) is 5.65 Å². The van der Waals surface area contributed by atoms with Gasteiger partial charge in [-0.1, -0.05) is 17.7 Å². The summed E-state index contributed by atoms with van der Waals surface area (Å²) in [6.45, 7) is 3.73. The minimum atomic E-state index is -4.89. The maximum Gasteiger partial charge on any atom is 0.419 e. The Morgan fingerprint density at radius 2 is 1.74 bits per heavy atom. The number of pyridine rings is 2. The van der Waals surface area contributed by atoms with Gasteiger partial charge >= 0.3 is 6.18 Å². The molecule has 3 aromatic rings. The van der Waals surface area contributed by atoms with Gasteiger partial charge in [-0.15, -0.1) is 0 Å². The number of piperazine rings is 1. The number of aromatic amines is 1. The molecule has 0 unspecified atom stereocenters. The molecule has 38 heavy (non-hydrogen) atoms. The number of halogens is 4. The Balaban J connectivity index is 0.000000732. The first kappa shape index (κ1) is 29.9. The standard InChI is InChI=1S/C23H24ClF3N4O2.H3O4P/c24-17-4-3-5-18(21(17)23(25,26)27)31-13-11-30(12-14-31)10-1-2-15-33-20-9-7-16-6-8-19(32)28-22(16)29-20;1-5(2,3)4/h3-9H,1-2,10-15H2,(H,28,29,32);(H3,1,2,3,4)/p-1. The van der Waals surface area contributed by atoms with Crippen LogP contribution in [0, 0.1) is 0 Å². The Bertz CT molecular complexity index is 1320. The molecular formula is C23H26ClF3N4O6P-. The van der Waals surface area contributed by atoms with Gasteiger partial charge in [0, 0.05) is 43.7 Å². The summed E-state index contributed by atoms with van der Waals surface area (Å²) in [4.78, 5) is 45.3. The minimum Gasteiger partial charge on any atom is -0.756 e. The van der Waals surface area contributed by atoms with Gasteiger partial charge in [0.15, 0.2) is 0 Å². The topological polar surface area (TPSA) is 142 Å². The summed E-state index contributed by atoms with van der Waals surface area (Å²) < 4.78 is 54.8. The SMILES string of the molecule is O=P([O-])(O)O.O=c1ccc2ccc(OCCCCN3CCN(c4cccc(Cl)c4C(F)(F)F)CC3)nc2[nH]1. The fourth-order valence-electron chi connectivity index (χ4n) is 3.97. The molecule has 1 aromatic carbocycles. The number of hydrogen-bond acceptors (Lipinski definition) is 7. The van der Waals surface area contributed by atoms with E-state index in [9.17, 15) is 18.0 Å².